The maximum atomic E-state index is 6.05. The minimum atomic E-state index is 0.307. The molecular formula is C15H19BrN4. The normalized spacial score (nSPS) is 22.9. The molecule has 1 aromatic heterocycles. The van der Waals surface area contributed by atoms with Crippen molar-refractivity contribution in [2.24, 2.45) is 5.73 Å². The van der Waals surface area contributed by atoms with Crippen LogP contribution in [-0.2, 0) is 0 Å². The van der Waals surface area contributed by atoms with Crippen LogP contribution in [0.15, 0.2) is 22.7 Å². The minimum absolute atomic E-state index is 0.307. The third-order valence-corrected chi connectivity index (χ3v) is 4.52. The first-order chi connectivity index (χ1) is 9.63. The number of fused-ring (bicyclic) bond motifs is 1. The Kier molecular flexibility index (Phi) is 3.89. The molecule has 1 fully saturated rings. The van der Waals surface area contributed by atoms with E-state index in [1.54, 1.807) is 0 Å². The van der Waals surface area contributed by atoms with Crippen molar-refractivity contribution < 1.29 is 0 Å². The van der Waals surface area contributed by atoms with Gasteiger partial charge in [0.1, 0.15) is 11.3 Å². The van der Waals surface area contributed by atoms with Crippen LogP contribution in [0.25, 0.3) is 11.0 Å². The van der Waals surface area contributed by atoms with Crippen LogP contribution in [0.3, 0.4) is 0 Å². The molecule has 5 heteroatoms. The van der Waals surface area contributed by atoms with Gasteiger partial charge in [0.2, 0.25) is 0 Å². The number of halogens is 1. The summed E-state index contributed by atoms with van der Waals surface area (Å²) in [6.07, 6.45) is 4.48. The molecule has 1 heterocycles. The Morgan fingerprint density at radius 1 is 1.30 bits per heavy atom. The Balaban J connectivity index is 1.91. The van der Waals surface area contributed by atoms with Crippen LogP contribution >= 0.6 is 15.9 Å². The van der Waals surface area contributed by atoms with Crippen LogP contribution in [-0.4, -0.2) is 22.1 Å². The highest BCUT2D eigenvalue weighted by atomic mass is 79.9. The molecule has 4 nitrogen and oxygen atoms in total. The molecule has 0 unspecified atom stereocenters. The highest BCUT2D eigenvalue weighted by molar-refractivity contribution is 9.10. The van der Waals surface area contributed by atoms with Crippen molar-refractivity contribution in [2.75, 3.05) is 5.32 Å². The molecule has 2 atom stereocenters. The number of nitrogens with one attached hydrogen (secondary N) is 1. The van der Waals surface area contributed by atoms with Gasteiger partial charge in [0.25, 0.3) is 0 Å². The minimum Gasteiger partial charge on any atom is -0.366 e. The van der Waals surface area contributed by atoms with Crippen LogP contribution in [0.2, 0.25) is 0 Å². The van der Waals surface area contributed by atoms with E-state index in [4.69, 9.17) is 10.7 Å². The Morgan fingerprint density at radius 2 is 2.15 bits per heavy atom. The Bertz CT molecular complexity index is 629. The van der Waals surface area contributed by atoms with Gasteiger partial charge >= 0.3 is 0 Å². The van der Waals surface area contributed by atoms with Crippen molar-refractivity contribution in [3.8, 4) is 0 Å². The first kappa shape index (κ1) is 13.8. The Hall–Kier alpha value is -1.20. The largest absolute Gasteiger partial charge is 0.366 e. The third-order valence-electron chi connectivity index (χ3n) is 3.88. The lowest BCUT2D eigenvalue weighted by Crippen LogP contribution is -2.35. The zero-order chi connectivity index (χ0) is 14.1. The second kappa shape index (κ2) is 5.66. The Labute approximate surface area is 127 Å². The Morgan fingerprint density at radius 3 is 2.95 bits per heavy atom. The average Bonchev–Trinajstić information content (AvgIpc) is 2.41. The molecule has 2 aromatic rings. The summed E-state index contributed by atoms with van der Waals surface area (Å²) in [5.41, 5.74) is 8.81. The second-order valence-corrected chi connectivity index (χ2v) is 6.39. The van der Waals surface area contributed by atoms with Crippen LogP contribution in [0.5, 0.6) is 0 Å². The number of aromatic nitrogens is 2. The van der Waals surface area contributed by atoms with Gasteiger partial charge in [-0.3, -0.25) is 0 Å². The van der Waals surface area contributed by atoms with E-state index in [1.807, 2.05) is 25.1 Å². The number of rotatable bonds is 2. The SMILES string of the molecule is Cc1nc2cccc(Br)c2nc1N[C@H]1CCC[C@@H](N)C1. The van der Waals surface area contributed by atoms with E-state index in [2.05, 4.69) is 26.2 Å². The average molecular weight is 335 g/mol. The number of aryl methyl sites for hydroxylation is 1. The molecule has 0 aliphatic heterocycles. The number of nitrogens with two attached hydrogens (primary N) is 1. The summed E-state index contributed by atoms with van der Waals surface area (Å²) in [7, 11) is 0. The molecule has 106 valence electrons. The molecule has 0 bridgehead atoms. The van der Waals surface area contributed by atoms with Gasteiger partial charge in [0.05, 0.1) is 11.2 Å². The zero-order valence-electron chi connectivity index (χ0n) is 11.6. The van der Waals surface area contributed by atoms with E-state index in [0.29, 0.717) is 12.1 Å². The summed E-state index contributed by atoms with van der Waals surface area (Å²) in [6, 6.07) is 6.68. The summed E-state index contributed by atoms with van der Waals surface area (Å²) in [4.78, 5) is 9.37. The number of para-hydroxylation sites is 1. The fourth-order valence-corrected chi connectivity index (χ4v) is 3.26. The molecule has 0 saturated heterocycles. The summed E-state index contributed by atoms with van der Waals surface area (Å²) in [5.74, 6) is 0.878. The standard InChI is InChI=1S/C15H19BrN4/c1-9-15(19-11-5-2-4-10(17)8-11)20-14-12(16)6-3-7-13(14)18-9/h3,6-7,10-11H,2,4-5,8,17H2,1H3,(H,19,20)/t10-,11+/m1/s1. The molecule has 0 radical (unpaired) electrons. The molecule has 20 heavy (non-hydrogen) atoms. The lowest BCUT2D eigenvalue weighted by Gasteiger charge is -2.28. The molecular weight excluding hydrogens is 316 g/mol. The molecule has 1 aromatic carbocycles. The summed E-state index contributed by atoms with van der Waals surface area (Å²) in [6.45, 7) is 2.00. The van der Waals surface area contributed by atoms with Crippen molar-refractivity contribution in [3.05, 3.63) is 28.4 Å². The van der Waals surface area contributed by atoms with Gasteiger partial charge in [-0.2, -0.15) is 0 Å². The predicted octanol–water partition coefficient (Wildman–Crippen LogP) is 3.38. The molecule has 1 aliphatic rings. The smallest absolute Gasteiger partial charge is 0.148 e. The summed E-state index contributed by atoms with van der Waals surface area (Å²) in [5, 5.41) is 3.52. The van der Waals surface area contributed by atoms with E-state index in [9.17, 15) is 0 Å². The van der Waals surface area contributed by atoms with Crippen molar-refractivity contribution in [1.82, 2.24) is 9.97 Å². The van der Waals surface area contributed by atoms with E-state index >= 15 is 0 Å². The molecule has 3 N–H and O–H groups in total. The van der Waals surface area contributed by atoms with Gasteiger partial charge in [0.15, 0.2) is 0 Å². The number of anilines is 1. The van der Waals surface area contributed by atoms with E-state index in [1.165, 1.54) is 6.42 Å². The fraction of sp³-hybridized carbons (Fsp3) is 0.467. The zero-order valence-corrected chi connectivity index (χ0v) is 13.2. The summed E-state index contributed by atoms with van der Waals surface area (Å²) >= 11 is 3.54. The summed E-state index contributed by atoms with van der Waals surface area (Å²) < 4.78 is 0.978. The van der Waals surface area contributed by atoms with Crippen molar-refractivity contribution in [2.45, 2.75) is 44.7 Å². The van der Waals surface area contributed by atoms with Gasteiger partial charge in [-0.25, -0.2) is 9.97 Å². The van der Waals surface area contributed by atoms with Gasteiger partial charge in [-0.1, -0.05) is 6.07 Å². The first-order valence-corrected chi connectivity index (χ1v) is 7.88. The maximum absolute atomic E-state index is 6.05. The molecule has 0 amide bonds. The van der Waals surface area contributed by atoms with Crippen LogP contribution in [0.4, 0.5) is 5.82 Å². The van der Waals surface area contributed by atoms with Crippen molar-refractivity contribution in [3.63, 3.8) is 0 Å². The monoisotopic (exact) mass is 334 g/mol. The third kappa shape index (κ3) is 2.79. The van der Waals surface area contributed by atoms with E-state index in [-0.39, 0.29) is 0 Å². The van der Waals surface area contributed by atoms with E-state index in [0.717, 1.165) is 46.3 Å². The lowest BCUT2D eigenvalue weighted by molar-refractivity contribution is 0.409. The quantitative estimate of drug-likeness (QED) is 0.883. The van der Waals surface area contributed by atoms with Gasteiger partial charge in [0, 0.05) is 16.6 Å². The molecule has 0 spiro atoms. The highest BCUT2D eigenvalue weighted by Crippen LogP contribution is 2.26. The maximum Gasteiger partial charge on any atom is 0.148 e. The predicted molar refractivity (Wildman–Crippen MR) is 85.8 cm³/mol. The topological polar surface area (TPSA) is 63.8 Å². The number of hydrogen-bond acceptors (Lipinski definition) is 4. The van der Waals surface area contributed by atoms with Crippen molar-refractivity contribution in [1.29, 1.82) is 0 Å². The van der Waals surface area contributed by atoms with Crippen LogP contribution < -0.4 is 11.1 Å². The second-order valence-electron chi connectivity index (χ2n) is 5.53. The van der Waals surface area contributed by atoms with Gasteiger partial charge in [-0.05, 0) is 60.7 Å². The fourth-order valence-electron chi connectivity index (χ4n) is 2.82. The van der Waals surface area contributed by atoms with E-state index < -0.39 is 0 Å². The van der Waals surface area contributed by atoms with Crippen LogP contribution in [0.1, 0.15) is 31.4 Å². The number of nitrogens with zero attached hydrogens (tertiary/aromatic N) is 2. The first-order valence-electron chi connectivity index (χ1n) is 7.08. The van der Waals surface area contributed by atoms with Crippen molar-refractivity contribution >= 4 is 32.8 Å². The highest BCUT2D eigenvalue weighted by Gasteiger charge is 2.20. The van der Waals surface area contributed by atoms with Gasteiger partial charge < -0.3 is 11.1 Å². The lowest BCUT2D eigenvalue weighted by atomic mass is 9.91. The molecule has 1 saturated carbocycles. The number of hydrogen-bond donors (Lipinski definition) is 2. The van der Waals surface area contributed by atoms with Gasteiger partial charge in [-0.15, -0.1) is 0 Å². The molecule has 1 aliphatic carbocycles. The number of benzene rings is 1. The molecule has 3 rings (SSSR count). The van der Waals surface area contributed by atoms with Crippen LogP contribution in [0, 0.1) is 6.92 Å².